The van der Waals surface area contributed by atoms with Crippen molar-refractivity contribution in [2.75, 3.05) is 14.2 Å². The number of hydrogen-bond acceptors (Lipinski definition) is 5. The SMILES string of the molecule is COC(=O)C(=Cc1cc(Br)c(OCc2ccccc2Cl)c(Br)c1)C(=O)OC. The molecule has 2 aromatic rings. The largest absolute Gasteiger partial charge is 0.486 e. The highest BCUT2D eigenvalue weighted by Crippen LogP contribution is 2.36. The van der Waals surface area contributed by atoms with Crippen molar-refractivity contribution in [3.8, 4) is 5.75 Å². The molecular weight excluding hydrogens is 503 g/mol. The molecule has 0 spiro atoms. The summed E-state index contributed by atoms with van der Waals surface area (Å²) >= 11 is 13.0. The lowest BCUT2D eigenvalue weighted by molar-refractivity contribution is -0.143. The number of carbonyl (C=O) groups is 2. The fraction of sp³-hybridized carbons (Fsp3) is 0.158. The highest BCUT2D eigenvalue weighted by atomic mass is 79.9. The van der Waals surface area contributed by atoms with E-state index in [0.717, 1.165) is 5.56 Å². The Labute approximate surface area is 178 Å². The minimum atomic E-state index is -0.784. The molecule has 0 atom stereocenters. The Kier molecular flexibility index (Phi) is 7.89. The van der Waals surface area contributed by atoms with Crippen LogP contribution in [-0.2, 0) is 25.7 Å². The van der Waals surface area contributed by atoms with E-state index in [9.17, 15) is 9.59 Å². The molecule has 0 aromatic heterocycles. The molecule has 0 amide bonds. The summed E-state index contributed by atoms with van der Waals surface area (Å²) in [6.45, 7) is 0.279. The van der Waals surface area contributed by atoms with E-state index in [-0.39, 0.29) is 12.2 Å². The first kappa shape index (κ1) is 21.5. The standard InChI is InChI=1S/C19H15Br2ClO5/c1-25-18(23)13(19(24)26-2)7-11-8-14(20)17(15(21)9-11)27-10-12-5-3-4-6-16(12)22/h3-9H,10H2,1-2H3. The van der Waals surface area contributed by atoms with Crippen LogP contribution < -0.4 is 4.74 Å². The van der Waals surface area contributed by atoms with Crippen LogP contribution >= 0.6 is 43.5 Å². The van der Waals surface area contributed by atoms with Crippen LogP contribution in [0.2, 0.25) is 5.02 Å². The Bertz CT molecular complexity index is 854. The normalized spacial score (nSPS) is 10.1. The Morgan fingerprint density at radius 3 is 2.11 bits per heavy atom. The highest BCUT2D eigenvalue weighted by molar-refractivity contribution is 9.11. The van der Waals surface area contributed by atoms with Crippen molar-refractivity contribution < 1.29 is 23.8 Å². The maximum absolute atomic E-state index is 11.8. The van der Waals surface area contributed by atoms with E-state index in [4.69, 9.17) is 16.3 Å². The number of rotatable bonds is 6. The van der Waals surface area contributed by atoms with Gasteiger partial charge in [0.1, 0.15) is 17.9 Å². The summed E-state index contributed by atoms with van der Waals surface area (Å²) < 4.78 is 16.4. The number of benzene rings is 2. The van der Waals surface area contributed by atoms with Gasteiger partial charge < -0.3 is 14.2 Å². The molecule has 2 rings (SSSR count). The molecule has 0 aliphatic carbocycles. The van der Waals surface area contributed by atoms with Crippen molar-refractivity contribution in [2.24, 2.45) is 0 Å². The van der Waals surface area contributed by atoms with E-state index in [2.05, 4.69) is 41.3 Å². The Balaban J connectivity index is 2.30. The summed E-state index contributed by atoms with van der Waals surface area (Å²) in [6, 6.07) is 10.8. The molecule has 27 heavy (non-hydrogen) atoms. The van der Waals surface area contributed by atoms with Crippen molar-refractivity contribution in [1.82, 2.24) is 0 Å². The topological polar surface area (TPSA) is 61.8 Å². The molecule has 0 saturated carbocycles. The quantitative estimate of drug-likeness (QED) is 0.229. The van der Waals surface area contributed by atoms with Gasteiger partial charge in [-0.05, 0) is 61.7 Å². The van der Waals surface area contributed by atoms with Crippen LogP contribution in [0.25, 0.3) is 6.08 Å². The Morgan fingerprint density at radius 2 is 1.59 bits per heavy atom. The summed E-state index contributed by atoms with van der Waals surface area (Å²) in [6.07, 6.45) is 1.38. The lowest BCUT2D eigenvalue weighted by Crippen LogP contribution is -2.15. The third-order valence-corrected chi connectivity index (χ3v) is 5.02. The molecule has 2 aromatic carbocycles. The number of ether oxygens (including phenoxy) is 3. The molecule has 8 heteroatoms. The van der Waals surface area contributed by atoms with E-state index < -0.39 is 11.9 Å². The fourth-order valence-corrected chi connectivity index (χ4v) is 3.79. The van der Waals surface area contributed by atoms with Crippen LogP contribution in [0, 0.1) is 0 Å². The molecular formula is C19H15Br2ClO5. The minimum absolute atomic E-state index is 0.219. The zero-order valence-electron chi connectivity index (χ0n) is 14.4. The van der Waals surface area contributed by atoms with Crippen molar-refractivity contribution in [3.63, 3.8) is 0 Å². The van der Waals surface area contributed by atoms with Gasteiger partial charge in [0.2, 0.25) is 0 Å². The van der Waals surface area contributed by atoms with Gasteiger partial charge in [-0.2, -0.15) is 0 Å². The molecule has 0 heterocycles. The first-order chi connectivity index (χ1) is 12.9. The number of carbonyl (C=O) groups excluding carboxylic acids is 2. The van der Waals surface area contributed by atoms with Gasteiger partial charge in [-0.3, -0.25) is 0 Å². The molecule has 0 radical (unpaired) electrons. The second-order valence-corrected chi connectivity index (χ2v) is 7.35. The summed E-state index contributed by atoms with van der Waals surface area (Å²) in [4.78, 5) is 23.6. The lowest BCUT2D eigenvalue weighted by atomic mass is 10.1. The van der Waals surface area contributed by atoms with E-state index >= 15 is 0 Å². The molecule has 0 aliphatic rings. The molecule has 0 saturated heterocycles. The predicted molar refractivity (Wildman–Crippen MR) is 110 cm³/mol. The van der Waals surface area contributed by atoms with Crippen LogP contribution in [0.15, 0.2) is 50.9 Å². The summed E-state index contributed by atoms with van der Waals surface area (Å²) in [5.74, 6) is -1.01. The van der Waals surface area contributed by atoms with E-state index in [1.165, 1.54) is 20.3 Å². The van der Waals surface area contributed by atoms with Gasteiger partial charge >= 0.3 is 11.9 Å². The maximum Gasteiger partial charge on any atom is 0.345 e. The molecule has 0 N–H and O–H groups in total. The third kappa shape index (κ3) is 5.57. The van der Waals surface area contributed by atoms with Crippen molar-refractivity contribution in [2.45, 2.75) is 6.61 Å². The molecule has 0 unspecified atom stereocenters. The zero-order valence-corrected chi connectivity index (χ0v) is 18.4. The average molecular weight is 519 g/mol. The number of methoxy groups -OCH3 is 2. The van der Waals surface area contributed by atoms with E-state index in [1.807, 2.05) is 18.2 Å². The zero-order chi connectivity index (χ0) is 20.0. The van der Waals surface area contributed by atoms with Gasteiger partial charge in [-0.25, -0.2) is 9.59 Å². The average Bonchev–Trinajstić information content (AvgIpc) is 2.65. The van der Waals surface area contributed by atoms with E-state index in [0.29, 0.717) is 25.3 Å². The van der Waals surface area contributed by atoms with Crippen molar-refractivity contribution in [3.05, 3.63) is 67.1 Å². The van der Waals surface area contributed by atoms with Crippen LogP contribution in [0.5, 0.6) is 5.75 Å². The summed E-state index contributed by atoms with van der Waals surface area (Å²) in [5, 5.41) is 0.616. The first-order valence-corrected chi connectivity index (χ1v) is 9.57. The third-order valence-electron chi connectivity index (χ3n) is 3.47. The predicted octanol–water partition coefficient (Wildman–Crippen LogP) is 5.17. The molecule has 0 bridgehead atoms. The first-order valence-electron chi connectivity index (χ1n) is 7.61. The smallest absolute Gasteiger partial charge is 0.345 e. The monoisotopic (exact) mass is 516 g/mol. The van der Waals surface area contributed by atoms with Crippen molar-refractivity contribution >= 4 is 61.5 Å². The Hall–Kier alpha value is -1.83. The van der Waals surface area contributed by atoms with Crippen molar-refractivity contribution in [1.29, 1.82) is 0 Å². The second kappa shape index (κ2) is 9.92. The number of hydrogen-bond donors (Lipinski definition) is 0. The maximum atomic E-state index is 11.8. The number of halogens is 3. The van der Waals surface area contributed by atoms with Gasteiger partial charge in [0.05, 0.1) is 23.2 Å². The summed E-state index contributed by atoms with van der Waals surface area (Å²) in [7, 11) is 2.38. The van der Waals surface area contributed by atoms with Crippen LogP contribution in [0.3, 0.4) is 0 Å². The molecule has 5 nitrogen and oxygen atoms in total. The van der Waals surface area contributed by atoms with Gasteiger partial charge in [0.25, 0.3) is 0 Å². The second-order valence-electron chi connectivity index (χ2n) is 5.23. The molecule has 142 valence electrons. The van der Waals surface area contributed by atoms with E-state index in [1.54, 1.807) is 18.2 Å². The Morgan fingerprint density at radius 1 is 1.04 bits per heavy atom. The number of esters is 2. The van der Waals surface area contributed by atoms with Gasteiger partial charge in [-0.1, -0.05) is 29.8 Å². The molecule has 0 aliphatic heterocycles. The van der Waals surface area contributed by atoms with Crippen LogP contribution in [-0.4, -0.2) is 26.2 Å². The minimum Gasteiger partial charge on any atom is -0.486 e. The lowest BCUT2D eigenvalue weighted by Gasteiger charge is -2.12. The van der Waals surface area contributed by atoms with Gasteiger partial charge in [0, 0.05) is 10.6 Å². The summed E-state index contributed by atoms with van der Waals surface area (Å²) in [5.41, 5.74) is 1.20. The van der Waals surface area contributed by atoms with Gasteiger partial charge in [-0.15, -0.1) is 0 Å². The van der Waals surface area contributed by atoms with Crippen LogP contribution in [0.4, 0.5) is 0 Å². The van der Waals surface area contributed by atoms with Crippen LogP contribution in [0.1, 0.15) is 11.1 Å². The fourth-order valence-electron chi connectivity index (χ4n) is 2.15. The highest BCUT2D eigenvalue weighted by Gasteiger charge is 2.20. The molecule has 0 fully saturated rings. The van der Waals surface area contributed by atoms with Gasteiger partial charge in [0.15, 0.2) is 0 Å².